The van der Waals surface area contributed by atoms with Crippen LogP contribution in [-0.2, 0) is 14.3 Å². The lowest BCUT2D eigenvalue weighted by Gasteiger charge is -2.25. The molecule has 1 aliphatic rings. The summed E-state index contributed by atoms with van der Waals surface area (Å²) in [5.74, 6) is -2.29. The Bertz CT molecular complexity index is 526. The molecule has 1 aliphatic heterocycles. The van der Waals surface area contributed by atoms with Gasteiger partial charge in [-0.25, -0.2) is 9.69 Å². The number of amides is 2. The normalized spacial score (nSPS) is 15.9. The van der Waals surface area contributed by atoms with Crippen LogP contribution in [0.1, 0.15) is 10.4 Å². The first-order chi connectivity index (χ1) is 8.49. The molecule has 1 N–H and O–H groups in total. The number of ether oxygens (including phenoxy) is 1. The summed E-state index contributed by atoms with van der Waals surface area (Å²) in [6, 6.07) is 3.81. The SMILES string of the molecule is O=C(O)c1cc(Cl)cc(N2C(=O)COCC2=O)c1. The van der Waals surface area contributed by atoms with Crippen LogP contribution in [0.3, 0.4) is 0 Å². The number of carbonyl (C=O) groups excluding carboxylic acids is 2. The molecule has 94 valence electrons. The first kappa shape index (κ1) is 12.5. The maximum atomic E-state index is 11.6. The Hall–Kier alpha value is -1.92. The summed E-state index contributed by atoms with van der Waals surface area (Å²) in [5.41, 5.74) is 0.0443. The van der Waals surface area contributed by atoms with E-state index in [4.69, 9.17) is 21.4 Å². The molecule has 1 saturated heterocycles. The fourth-order valence-electron chi connectivity index (χ4n) is 1.61. The van der Waals surface area contributed by atoms with E-state index in [2.05, 4.69) is 0 Å². The number of imide groups is 1. The number of carbonyl (C=O) groups is 3. The van der Waals surface area contributed by atoms with Gasteiger partial charge in [0.2, 0.25) is 0 Å². The van der Waals surface area contributed by atoms with Crippen LogP contribution >= 0.6 is 11.6 Å². The molecule has 7 heteroatoms. The van der Waals surface area contributed by atoms with Gasteiger partial charge in [0.15, 0.2) is 0 Å². The largest absolute Gasteiger partial charge is 0.478 e. The van der Waals surface area contributed by atoms with E-state index in [-0.39, 0.29) is 29.5 Å². The summed E-state index contributed by atoms with van der Waals surface area (Å²) >= 11 is 5.76. The summed E-state index contributed by atoms with van der Waals surface area (Å²) in [4.78, 5) is 34.9. The molecule has 1 aromatic carbocycles. The number of benzene rings is 1. The lowest BCUT2D eigenvalue weighted by atomic mass is 10.1. The molecule has 0 aliphatic carbocycles. The second-order valence-electron chi connectivity index (χ2n) is 3.62. The number of anilines is 1. The van der Waals surface area contributed by atoms with Crippen LogP contribution in [0.25, 0.3) is 0 Å². The van der Waals surface area contributed by atoms with Crippen molar-refractivity contribution in [1.29, 1.82) is 0 Å². The van der Waals surface area contributed by atoms with Gasteiger partial charge < -0.3 is 9.84 Å². The molecular weight excluding hydrogens is 262 g/mol. The predicted octanol–water partition coefficient (Wildman–Crippen LogP) is 0.928. The van der Waals surface area contributed by atoms with Crippen LogP contribution in [0.2, 0.25) is 5.02 Å². The van der Waals surface area contributed by atoms with Crippen LogP contribution in [0.4, 0.5) is 5.69 Å². The standard InChI is InChI=1S/C11H8ClNO5/c12-7-1-6(11(16)17)2-8(3-7)13-9(14)4-18-5-10(13)15/h1-3H,4-5H2,(H,16,17). The third kappa shape index (κ3) is 2.34. The minimum atomic E-state index is -1.19. The maximum absolute atomic E-state index is 11.6. The van der Waals surface area contributed by atoms with Crippen molar-refractivity contribution in [3.63, 3.8) is 0 Å². The first-order valence-electron chi connectivity index (χ1n) is 4.96. The van der Waals surface area contributed by atoms with Gasteiger partial charge in [-0.1, -0.05) is 11.6 Å². The van der Waals surface area contributed by atoms with E-state index in [1.54, 1.807) is 0 Å². The summed E-state index contributed by atoms with van der Waals surface area (Å²) in [5, 5.41) is 9.03. The van der Waals surface area contributed by atoms with Crippen LogP contribution in [-0.4, -0.2) is 36.1 Å². The Labute approximate surface area is 107 Å². The first-order valence-corrected chi connectivity index (χ1v) is 5.34. The van der Waals surface area contributed by atoms with Gasteiger partial charge in [-0.15, -0.1) is 0 Å². The second-order valence-corrected chi connectivity index (χ2v) is 4.06. The van der Waals surface area contributed by atoms with Gasteiger partial charge in [0, 0.05) is 5.02 Å². The van der Waals surface area contributed by atoms with Gasteiger partial charge in [-0.3, -0.25) is 9.59 Å². The molecule has 0 unspecified atom stereocenters. The molecule has 0 saturated carbocycles. The topological polar surface area (TPSA) is 83.9 Å². The van der Waals surface area contributed by atoms with Crippen molar-refractivity contribution in [2.75, 3.05) is 18.1 Å². The van der Waals surface area contributed by atoms with Crippen LogP contribution in [0, 0.1) is 0 Å². The molecule has 1 fully saturated rings. The minimum absolute atomic E-state index is 0.0930. The number of aromatic carboxylic acids is 1. The number of nitrogens with zero attached hydrogens (tertiary/aromatic N) is 1. The molecular formula is C11H8ClNO5. The zero-order valence-electron chi connectivity index (χ0n) is 9.05. The fourth-order valence-corrected chi connectivity index (χ4v) is 1.84. The number of carboxylic acid groups (broad SMARTS) is 1. The number of morpholine rings is 1. The maximum Gasteiger partial charge on any atom is 0.335 e. The van der Waals surface area contributed by atoms with Crippen LogP contribution in [0.15, 0.2) is 18.2 Å². The van der Waals surface area contributed by atoms with Crippen molar-refractivity contribution in [3.05, 3.63) is 28.8 Å². The Morgan fingerprint density at radius 3 is 2.39 bits per heavy atom. The zero-order valence-corrected chi connectivity index (χ0v) is 9.81. The number of hydrogen-bond acceptors (Lipinski definition) is 4. The highest BCUT2D eigenvalue weighted by Gasteiger charge is 2.28. The quantitative estimate of drug-likeness (QED) is 0.808. The van der Waals surface area contributed by atoms with Gasteiger partial charge in [0.05, 0.1) is 11.3 Å². The Morgan fingerprint density at radius 1 is 1.22 bits per heavy atom. The third-order valence-corrected chi connectivity index (χ3v) is 2.56. The Balaban J connectivity index is 2.46. The molecule has 1 aromatic rings. The third-order valence-electron chi connectivity index (χ3n) is 2.34. The van der Waals surface area contributed by atoms with E-state index in [0.717, 1.165) is 4.90 Å². The number of rotatable bonds is 2. The highest BCUT2D eigenvalue weighted by atomic mass is 35.5. The predicted molar refractivity (Wildman–Crippen MR) is 61.7 cm³/mol. The highest BCUT2D eigenvalue weighted by Crippen LogP contribution is 2.24. The Kier molecular flexibility index (Phi) is 3.31. The van der Waals surface area contributed by atoms with Gasteiger partial charge in [0.25, 0.3) is 11.8 Å². The molecule has 0 atom stereocenters. The monoisotopic (exact) mass is 269 g/mol. The van der Waals surface area contributed by atoms with E-state index in [0.29, 0.717) is 0 Å². The number of carboxylic acids is 1. The smallest absolute Gasteiger partial charge is 0.335 e. The summed E-state index contributed by atoms with van der Waals surface area (Å²) < 4.78 is 4.76. The molecule has 0 aromatic heterocycles. The molecule has 2 rings (SSSR count). The summed E-state index contributed by atoms with van der Waals surface area (Å²) in [6.45, 7) is -0.443. The average Bonchev–Trinajstić information content (AvgIpc) is 2.28. The second kappa shape index (κ2) is 4.75. The molecule has 18 heavy (non-hydrogen) atoms. The molecule has 1 heterocycles. The molecule has 6 nitrogen and oxygen atoms in total. The van der Waals surface area contributed by atoms with Crippen molar-refractivity contribution in [2.24, 2.45) is 0 Å². The molecule has 0 radical (unpaired) electrons. The highest BCUT2D eigenvalue weighted by molar-refractivity contribution is 6.31. The van der Waals surface area contributed by atoms with Crippen molar-refractivity contribution in [3.8, 4) is 0 Å². The minimum Gasteiger partial charge on any atom is -0.478 e. The average molecular weight is 270 g/mol. The van der Waals surface area contributed by atoms with E-state index in [1.165, 1.54) is 18.2 Å². The van der Waals surface area contributed by atoms with Gasteiger partial charge in [-0.2, -0.15) is 0 Å². The van der Waals surface area contributed by atoms with Crippen LogP contribution < -0.4 is 4.90 Å². The van der Waals surface area contributed by atoms with Gasteiger partial charge >= 0.3 is 5.97 Å². The number of hydrogen-bond donors (Lipinski definition) is 1. The molecule has 2 amide bonds. The van der Waals surface area contributed by atoms with Crippen molar-refractivity contribution in [2.45, 2.75) is 0 Å². The van der Waals surface area contributed by atoms with Gasteiger partial charge in [0.1, 0.15) is 13.2 Å². The Morgan fingerprint density at radius 2 is 1.83 bits per heavy atom. The van der Waals surface area contributed by atoms with E-state index in [1.807, 2.05) is 0 Å². The van der Waals surface area contributed by atoms with Crippen molar-refractivity contribution >= 4 is 35.1 Å². The van der Waals surface area contributed by atoms with Crippen molar-refractivity contribution < 1.29 is 24.2 Å². The van der Waals surface area contributed by atoms with Gasteiger partial charge in [-0.05, 0) is 18.2 Å². The number of halogens is 1. The zero-order chi connectivity index (χ0) is 13.3. The summed E-state index contributed by atoms with van der Waals surface area (Å²) in [7, 11) is 0. The lowest BCUT2D eigenvalue weighted by Crippen LogP contribution is -2.46. The van der Waals surface area contributed by atoms with Crippen molar-refractivity contribution in [1.82, 2.24) is 0 Å². The lowest BCUT2D eigenvalue weighted by molar-refractivity contribution is -0.138. The molecule has 0 spiro atoms. The van der Waals surface area contributed by atoms with Crippen LogP contribution in [0.5, 0.6) is 0 Å². The van der Waals surface area contributed by atoms with E-state index >= 15 is 0 Å². The fraction of sp³-hybridized carbons (Fsp3) is 0.182. The summed E-state index contributed by atoms with van der Waals surface area (Å²) in [6.07, 6.45) is 0. The van der Waals surface area contributed by atoms with E-state index in [9.17, 15) is 14.4 Å². The molecule has 0 bridgehead atoms. The van der Waals surface area contributed by atoms with E-state index < -0.39 is 17.8 Å².